The summed E-state index contributed by atoms with van der Waals surface area (Å²) in [5.74, 6) is 0. The van der Waals surface area contributed by atoms with Gasteiger partial charge in [-0.1, -0.05) is 115 Å². The summed E-state index contributed by atoms with van der Waals surface area (Å²) < 4.78 is 13.7. The van der Waals surface area contributed by atoms with E-state index in [2.05, 4.69) is 226 Å². The van der Waals surface area contributed by atoms with Gasteiger partial charge in [-0.3, -0.25) is 0 Å². The highest BCUT2D eigenvalue weighted by molar-refractivity contribution is 7.25. The molecule has 0 aliphatic carbocycles. The number of hydrogen-bond donors (Lipinski definition) is 0. The second kappa shape index (κ2) is 14.1. The summed E-state index contributed by atoms with van der Waals surface area (Å²) in [7, 11) is 0. The molecule has 5 heteroatoms. The Balaban J connectivity index is 0.965. The van der Waals surface area contributed by atoms with Crippen molar-refractivity contribution in [2.24, 2.45) is 0 Å². The lowest BCUT2D eigenvalue weighted by Gasteiger charge is -2.26. The Hall–Kier alpha value is -8.38. The Morgan fingerprint density at radius 3 is 1.49 bits per heavy atom. The zero-order valence-electron chi connectivity index (χ0n) is 35.0. The molecule has 4 heterocycles. The van der Waals surface area contributed by atoms with Crippen LogP contribution in [0.5, 0.6) is 0 Å². The predicted octanol–water partition coefficient (Wildman–Crippen LogP) is 17.3. The van der Waals surface area contributed by atoms with Gasteiger partial charge in [0.05, 0.1) is 22.1 Å². The van der Waals surface area contributed by atoms with Gasteiger partial charge in [-0.2, -0.15) is 0 Å². The van der Waals surface area contributed by atoms with Gasteiger partial charge in [0.1, 0.15) is 11.2 Å². The molecule has 0 aliphatic heterocycles. The van der Waals surface area contributed by atoms with Crippen LogP contribution >= 0.6 is 11.3 Å². The van der Waals surface area contributed by atoms with Gasteiger partial charge in [0.25, 0.3) is 0 Å². The summed E-state index contributed by atoms with van der Waals surface area (Å²) in [6.45, 7) is 0. The quantitative estimate of drug-likeness (QED) is 0.167. The molecule has 0 amide bonds. The first kappa shape index (κ1) is 36.1. The molecule has 0 radical (unpaired) electrons. The van der Waals surface area contributed by atoms with Crippen molar-refractivity contribution < 1.29 is 4.42 Å². The Labute approximate surface area is 377 Å². The minimum absolute atomic E-state index is 0.893. The van der Waals surface area contributed by atoms with E-state index >= 15 is 0 Å². The van der Waals surface area contributed by atoms with Gasteiger partial charge in [0.2, 0.25) is 0 Å². The highest BCUT2D eigenvalue weighted by atomic mass is 32.1. The zero-order chi connectivity index (χ0) is 42.6. The largest absolute Gasteiger partial charge is 0.456 e. The third-order valence-electron chi connectivity index (χ3n) is 13.3. The van der Waals surface area contributed by atoms with E-state index in [1.165, 1.54) is 63.9 Å². The van der Waals surface area contributed by atoms with Crippen molar-refractivity contribution in [3.8, 4) is 22.5 Å². The first-order chi connectivity index (χ1) is 32.2. The van der Waals surface area contributed by atoms with Crippen molar-refractivity contribution in [1.82, 2.24) is 9.13 Å². The van der Waals surface area contributed by atoms with Gasteiger partial charge >= 0.3 is 0 Å². The molecule has 0 bridgehead atoms. The van der Waals surface area contributed by atoms with Crippen molar-refractivity contribution in [1.29, 1.82) is 0 Å². The summed E-state index contributed by atoms with van der Waals surface area (Å²) in [4.78, 5) is 2.42. The summed E-state index contributed by atoms with van der Waals surface area (Å²) in [6, 6.07) is 81.7. The van der Waals surface area contributed by atoms with E-state index in [0.717, 1.165) is 61.4 Å². The molecule has 4 nitrogen and oxygen atoms in total. The van der Waals surface area contributed by atoms with Gasteiger partial charge < -0.3 is 18.5 Å². The molecule has 0 spiro atoms. The number of anilines is 3. The van der Waals surface area contributed by atoms with Crippen LogP contribution in [0.2, 0.25) is 0 Å². The fourth-order valence-corrected chi connectivity index (χ4v) is 11.4. The van der Waals surface area contributed by atoms with Crippen LogP contribution in [-0.4, -0.2) is 9.13 Å². The normalized spacial score (nSPS) is 12.0. The Bertz CT molecular complexity index is 3960. The van der Waals surface area contributed by atoms with Crippen LogP contribution in [0.1, 0.15) is 0 Å². The third kappa shape index (κ3) is 5.56. The van der Waals surface area contributed by atoms with Crippen molar-refractivity contribution in [3.63, 3.8) is 0 Å². The van der Waals surface area contributed by atoms with E-state index in [9.17, 15) is 0 Å². The van der Waals surface area contributed by atoms with Crippen LogP contribution in [0.3, 0.4) is 0 Å². The maximum Gasteiger partial charge on any atom is 0.135 e. The molecule has 304 valence electrons. The molecule has 0 N–H and O–H groups in total. The number of fused-ring (bicyclic) bond motifs is 12. The first-order valence-corrected chi connectivity index (χ1v) is 22.9. The third-order valence-corrected chi connectivity index (χ3v) is 14.5. The molecule has 0 fully saturated rings. The van der Waals surface area contributed by atoms with Gasteiger partial charge in [-0.15, -0.1) is 11.3 Å². The number of aromatic nitrogens is 2. The van der Waals surface area contributed by atoms with Gasteiger partial charge in [0, 0.05) is 80.9 Å². The van der Waals surface area contributed by atoms with E-state index in [1.807, 2.05) is 23.5 Å². The fourth-order valence-electron chi connectivity index (χ4n) is 10.3. The van der Waals surface area contributed by atoms with E-state index in [0.29, 0.717) is 0 Å². The monoisotopic (exact) mass is 847 g/mol. The van der Waals surface area contributed by atoms with E-state index in [-0.39, 0.29) is 0 Å². The van der Waals surface area contributed by atoms with Gasteiger partial charge in [-0.05, 0) is 120 Å². The van der Waals surface area contributed by atoms with Crippen LogP contribution < -0.4 is 4.90 Å². The lowest BCUT2D eigenvalue weighted by molar-refractivity contribution is 0.669. The second-order valence-electron chi connectivity index (χ2n) is 16.9. The summed E-state index contributed by atoms with van der Waals surface area (Å²) in [5, 5.41) is 9.66. The van der Waals surface area contributed by atoms with Crippen LogP contribution in [-0.2, 0) is 0 Å². The summed E-state index contributed by atoms with van der Waals surface area (Å²) in [5.41, 5.74) is 14.4. The first-order valence-electron chi connectivity index (χ1n) is 22.1. The summed E-state index contributed by atoms with van der Waals surface area (Å²) >= 11 is 1.86. The van der Waals surface area contributed by atoms with Crippen LogP contribution in [0.4, 0.5) is 17.1 Å². The summed E-state index contributed by atoms with van der Waals surface area (Å²) in [6.07, 6.45) is 0. The lowest BCUT2D eigenvalue weighted by Crippen LogP contribution is -2.10. The molecule has 0 saturated carbocycles. The maximum atomic E-state index is 6.24. The number of rotatable bonds is 6. The second-order valence-corrected chi connectivity index (χ2v) is 18.0. The highest BCUT2D eigenvalue weighted by Crippen LogP contribution is 2.44. The van der Waals surface area contributed by atoms with E-state index in [4.69, 9.17) is 4.42 Å². The van der Waals surface area contributed by atoms with Gasteiger partial charge in [0.15, 0.2) is 0 Å². The zero-order valence-corrected chi connectivity index (χ0v) is 35.8. The molecule has 14 aromatic rings. The highest BCUT2D eigenvalue weighted by Gasteiger charge is 2.21. The number of para-hydroxylation sites is 3. The molecular weight excluding hydrogens is 811 g/mol. The molecule has 65 heavy (non-hydrogen) atoms. The minimum Gasteiger partial charge on any atom is -0.456 e. The molecule has 14 rings (SSSR count). The fraction of sp³-hybridized carbons (Fsp3) is 0. The van der Waals surface area contributed by atoms with Crippen LogP contribution in [0, 0.1) is 0 Å². The number of thiophene rings is 1. The molecule has 0 aliphatic rings. The topological polar surface area (TPSA) is 26.2 Å². The number of furan rings is 1. The number of benzene rings is 10. The van der Waals surface area contributed by atoms with Crippen LogP contribution in [0.15, 0.2) is 229 Å². The molecule has 4 aromatic heterocycles. The van der Waals surface area contributed by atoms with Crippen molar-refractivity contribution in [3.05, 3.63) is 224 Å². The molecule has 10 aromatic carbocycles. The Morgan fingerprint density at radius 2 is 0.800 bits per heavy atom. The van der Waals surface area contributed by atoms with Crippen LogP contribution in [0.25, 0.3) is 108 Å². The Kier molecular flexibility index (Phi) is 7.82. The SMILES string of the molecule is c1ccc(-c2ccc(N(c3ccc4c(c3)c3ccccc3n4-c3ccc4oc5ccccc5c4c3)c3ccc4c(c3)c3ccccc3n4-c3ccc4sc5ccccc5c4c3)cc2)cc1. The Morgan fingerprint density at radius 1 is 0.308 bits per heavy atom. The van der Waals surface area contributed by atoms with Crippen molar-refractivity contribution in [2.45, 2.75) is 0 Å². The number of nitrogens with zero attached hydrogens (tertiary/aromatic N) is 3. The smallest absolute Gasteiger partial charge is 0.135 e. The van der Waals surface area contributed by atoms with Crippen molar-refractivity contribution in [2.75, 3.05) is 4.90 Å². The van der Waals surface area contributed by atoms with Crippen molar-refractivity contribution >= 4 is 114 Å². The molecule has 0 unspecified atom stereocenters. The minimum atomic E-state index is 0.893. The predicted molar refractivity (Wildman–Crippen MR) is 275 cm³/mol. The average molecular weight is 848 g/mol. The van der Waals surface area contributed by atoms with Gasteiger partial charge in [-0.25, -0.2) is 0 Å². The number of hydrogen-bond acceptors (Lipinski definition) is 3. The molecule has 0 saturated heterocycles. The van der Waals surface area contributed by atoms with E-state index < -0.39 is 0 Å². The average Bonchev–Trinajstić information content (AvgIpc) is 4.12. The molecule has 0 atom stereocenters. The molecular formula is C60H37N3OS. The van der Waals surface area contributed by atoms with E-state index in [1.54, 1.807) is 0 Å². The standard InChI is InChI=1S/C60H37N3OS/c1-2-12-38(13-3-1)39-22-24-40(25-23-39)61(41-26-30-55-49(34-41)45-14-4-8-18-53(45)62(55)43-28-32-58-51(36-43)47-16-6-10-20-57(47)64-58)42-27-31-56-50(35-42)46-15-5-9-19-54(46)63(56)44-29-33-60-52(37-44)48-17-7-11-21-59(48)65-60/h1-37H. The maximum absolute atomic E-state index is 6.24. The lowest BCUT2D eigenvalue weighted by atomic mass is 10.0.